The van der Waals surface area contributed by atoms with Crippen LogP contribution in [-0.2, 0) is 19.4 Å². The quantitative estimate of drug-likeness (QED) is 0.556. The molecule has 7 nitrogen and oxygen atoms in total. The summed E-state index contributed by atoms with van der Waals surface area (Å²) in [6, 6.07) is 13.1. The molecule has 2 aromatic carbocycles. The fourth-order valence-electron chi connectivity index (χ4n) is 5.41. The molecule has 2 amide bonds. The van der Waals surface area contributed by atoms with E-state index in [1.165, 1.54) is 0 Å². The molecule has 194 valence electrons. The Morgan fingerprint density at radius 3 is 2.41 bits per heavy atom. The van der Waals surface area contributed by atoms with Gasteiger partial charge in [-0.2, -0.15) is 0 Å². The van der Waals surface area contributed by atoms with Crippen LogP contribution >= 0.6 is 0 Å². The molecule has 2 heterocycles. The molecule has 3 fully saturated rings. The number of aryl methyl sites for hydroxylation is 1. The Labute approximate surface area is 218 Å². The normalized spacial score (nSPS) is 21.0. The van der Waals surface area contributed by atoms with Crippen LogP contribution in [-0.4, -0.2) is 66.3 Å². The summed E-state index contributed by atoms with van der Waals surface area (Å²) in [7, 11) is -3.37. The van der Waals surface area contributed by atoms with Gasteiger partial charge in [-0.15, -0.1) is 0 Å². The molecule has 6 rings (SSSR count). The first kappa shape index (κ1) is 24.3. The monoisotopic (exact) mass is 519 g/mol. The predicted octanol–water partition coefficient (Wildman–Crippen LogP) is 3.83. The summed E-state index contributed by atoms with van der Waals surface area (Å²) in [4.78, 5) is 34.7. The van der Waals surface area contributed by atoms with Crippen LogP contribution in [0.15, 0.2) is 52.4 Å². The average molecular weight is 520 g/mol. The molecule has 0 unspecified atom stereocenters. The average Bonchev–Trinajstić information content (AvgIpc) is 3.76. The number of hydrogen-bond acceptors (Lipinski definition) is 5. The topological polar surface area (TPSA) is 87.1 Å². The third-order valence-electron chi connectivity index (χ3n) is 8.16. The van der Waals surface area contributed by atoms with Crippen LogP contribution in [0.1, 0.15) is 50.7 Å². The molecule has 0 bridgehead atoms. The van der Waals surface area contributed by atoms with Crippen LogP contribution in [0, 0.1) is 18.8 Å². The van der Waals surface area contributed by atoms with Gasteiger partial charge in [-0.3, -0.25) is 19.5 Å². The maximum absolute atomic E-state index is 13.3. The van der Waals surface area contributed by atoms with Crippen molar-refractivity contribution < 1.29 is 18.0 Å². The summed E-state index contributed by atoms with van der Waals surface area (Å²) in [5.41, 5.74) is 3.09. The van der Waals surface area contributed by atoms with E-state index in [1.54, 1.807) is 32.0 Å². The number of rotatable bonds is 7. The lowest BCUT2D eigenvalue weighted by Gasteiger charge is -2.41. The van der Waals surface area contributed by atoms with Crippen molar-refractivity contribution in [1.29, 1.82) is 0 Å². The van der Waals surface area contributed by atoms with Crippen LogP contribution in [0.3, 0.4) is 0 Å². The smallest absolute Gasteiger partial charge is 0.256 e. The van der Waals surface area contributed by atoms with E-state index in [0.717, 1.165) is 53.8 Å². The van der Waals surface area contributed by atoms with E-state index in [0.29, 0.717) is 24.5 Å². The fraction of sp³-hybridized carbons (Fsp3) is 0.483. The third-order valence-corrected chi connectivity index (χ3v) is 10.3. The van der Waals surface area contributed by atoms with Gasteiger partial charge in [-0.25, -0.2) is 8.42 Å². The molecule has 0 radical (unpaired) electrons. The molecule has 0 atom stereocenters. The summed E-state index contributed by atoms with van der Waals surface area (Å²) < 4.78 is 25.4. The molecule has 4 aliphatic rings. The number of benzene rings is 2. The van der Waals surface area contributed by atoms with E-state index >= 15 is 0 Å². The maximum Gasteiger partial charge on any atom is 0.256 e. The minimum Gasteiger partial charge on any atom is -0.342 e. The minimum absolute atomic E-state index is 0.0875. The molecule has 0 N–H and O–H groups in total. The molecular weight excluding hydrogens is 486 g/mol. The third kappa shape index (κ3) is 4.19. The number of amides is 2. The Morgan fingerprint density at radius 1 is 1.08 bits per heavy atom. The van der Waals surface area contributed by atoms with Crippen molar-refractivity contribution >= 4 is 27.5 Å². The fourth-order valence-corrected chi connectivity index (χ4v) is 6.51. The van der Waals surface area contributed by atoms with Crippen molar-refractivity contribution in [3.63, 3.8) is 0 Å². The Balaban J connectivity index is 1.24. The van der Waals surface area contributed by atoms with Gasteiger partial charge < -0.3 is 4.90 Å². The first-order valence-corrected chi connectivity index (χ1v) is 14.8. The van der Waals surface area contributed by atoms with Crippen LogP contribution in [0.4, 0.5) is 0 Å². The number of carbonyl (C=O) groups is 2. The summed E-state index contributed by atoms with van der Waals surface area (Å²) in [6.07, 6.45) is 3.60. The number of sulfone groups is 1. The van der Waals surface area contributed by atoms with Crippen molar-refractivity contribution in [3.8, 4) is 11.1 Å². The highest BCUT2D eigenvalue weighted by Gasteiger charge is 2.58. The molecule has 2 aliphatic heterocycles. The lowest BCUT2D eigenvalue weighted by atomic mass is 9.96. The molecule has 1 saturated heterocycles. The van der Waals surface area contributed by atoms with Crippen molar-refractivity contribution in [2.45, 2.75) is 62.1 Å². The maximum atomic E-state index is 13.3. The van der Waals surface area contributed by atoms with E-state index in [2.05, 4.69) is 0 Å². The Kier molecular flexibility index (Phi) is 5.60. The Bertz CT molecular complexity index is 1430. The lowest BCUT2D eigenvalue weighted by molar-refractivity contribution is -0.139. The van der Waals surface area contributed by atoms with E-state index < -0.39 is 20.6 Å². The first-order chi connectivity index (χ1) is 17.6. The summed E-state index contributed by atoms with van der Waals surface area (Å²) in [5.74, 6) is 1.59. The Morgan fingerprint density at radius 2 is 1.78 bits per heavy atom. The molecule has 2 aromatic rings. The zero-order valence-electron chi connectivity index (χ0n) is 21.6. The van der Waals surface area contributed by atoms with Crippen molar-refractivity contribution in [1.82, 2.24) is 9.80 Å². The van der Waals surface area contributed by atoms with Crippen LogP contribution in [0.25, 0.3) is 11.1 Å². The SMILES string of the molecule is Cc1cc(-c2cccc(S(=O)(=O)C(C)C)c2)ccc1C1=NC2(CC2)C(=O)N1CC1CN(C(=O)C2CC2)C1. The van der Waals surface area contributed by atoms with Crippen LogP contribution in [0.2, 0.25) is 0 Å². The van der Waals surface area contributed by atoms with Gasteiger partial charge in [-0.05, 0) is 75.3 Å². The molecule has 8 heteroatoms. The van der Waals surface area contributed by atoms with Gasteiger partial charge in [-0.1, -0.05) is 30.3 Å². The summed E-state index contributed by atoms with van der Waals surface area (Å²) >= 11 is 0. The zero-order valence-corrected chi connectivity index (χ0v) is 22.4. The van der Waals surface area contributed by atoms with E-state index in [-0.39, 0.29) is 23.7 Å². The number of aliphatic imine (C=N–C) groups is 1. The van der Waals surface area contributed by atoms with Gasteiger partial charge in [0.15, 0.2) is 9.84 Å². The molecule has 1 spiro atoms. The van der Waals surface area contributed by atoms with Gasteiger partial charge in [0.05, 0.1) is 10.1 Å². The Hall–Kier alpha value is -3.00. The molecule has 2 aliphatic carbocycles. The largest absolute Gasteiger partial charge is 0.342 e. The van der Waals surface area contributed by atoms with Gasteiger partial charge >= 0.3 is 0 Å². The minimum atomic E-state index is -3.37. The highest BCUT2D eigenvalue weighted by Crippen LogP contribution is 2.46. The molecule has 37 heavy (non-hydrogen) atoms. The van der Waals surface area contributed by atoms with Gasteiger partial charge in [0, 0.05) is 37.0 Å². The van der Waals surface area contributed by atoms with Gasteiger partial charge in [0.1, 0.15) is 11.4 Å². The van der Waals surface area contributed by atoms with Gasteiger partial charge in [0.2, 0.25) is 5.91 Å². The first-order valence-electron chi connectivity index (χ1n) is 13.2. The number of hydrogen-bond donors (Lipinski definition) is 0. The standard InChI is InChI=1S/C29H33N3O4S/c1-18(2)37(35,36)24-6-4-5-22(14-24)23-9-10-25(19(3)13-23)26-30-29(11-12-29)28(34)32(26)17-20-15-31(16-20)27(33)21-7-8-21/h4-6,9-10,13-14,18,20-21H,7-8,11-12,15-17H2,1-3H3. The number of likely N-dealkylation sites (tertiary alicyclic amines) is 1. The molecule has 0 aromatic heterocycles. The highest BCUT2D eigenvalue weighted by atomic mass is 32.2. The summed E-state index contributed by atoms with van der Waals surface area (Å²) in [5, 5.41) is -0.486. The second-order valence-corrected chi connectivity index (χ2v) is 13.9. The van der Waals surface area contributed by atoms with Crippen molar-refractivity contribution in [3.05, 3.63) is 53.6 Å². The zero-order chi connectivity index (χ0) is 26.1. The van der Waals surface area contributed by atoms with Crippen LogP contribution < -0.4 is 0 Å². The van der Waals surface area contributed by atoms with Crippen LogP contribution in [0.5, 0.6) is 0 Å². The lowest BCUT2D eigenvalue weighted by Crippen LogP contribution is -2.55. The van der Waals surface area contributed by atoms with Crippen molar-refractivity contribution in [2.24, 2.45) is 16.8 Å². The van der Waals surface area contributed by atoms with E-state index in [4.69, 9.17) is 4.99 Å². The van der Waals surface area contributed by atoms with Gasteiger partial charge in [0.25, 0.3) is 5.91 Å². The van der Waals surface area contributed by atoms with E-state index in [9.17, 15) is 18.0 Å². The second-order valence-electron chi connectivity index (χ2n) is 11.4. The summed E-state index contributed by atoms with van der Waals surface area (Å²) in [6.45, 7) is 7.41. The molecule has 2 saturated carbocycles. The number of carbonyl (C=O) groups excluding carboxylic acids is 2. The highest BCUT2D eigenvalue weighted by molar-refractivity contribution is 7.92. The number of nitrogens with zero attached hydrogens (tertiary/aromatic N) is 3. The second kappa shape index (κ2) is 8.51. The predicted molar refractivity (Wildman–Crippen MR) is 142 cm³/mol. The van der Waals surface area contributed by atoms with E-state index in [1.807, 2.05) is 41.0 Å². The van der Waals surface area contributed by atoms with Crippen molar-refractivity contribution in [2.75, 3.05) is 19.6 Å². The number of amidine groups is 1. The molecular formula is C29H33N3O4S.